The van der Waals surface area contributed by atoms with Gasteiger partial charge in [-0.1, -0.05) is 6.92 Å². The third-order valence-corrected chi connectivity index (χ3v) is 2.35. The molecule has 1 aliphatic rings. The smallest absolute Gasteiger partial charge is 0.115 e. The van der Waals surface area contributed by atoms with E-state index in [2.05, 4.69) is 0 Å². The van der Waals surface area contributed by atoms with Crippen LogP contribution < -0.4 is 5.73 Å². The molecule has 1 rings (SSSR count). The lowest BCUT2D eigenvalue weighted by Gasteiger charge is -2.30. The fourth-order valence-electron chi connectivity index (χ4n) is 1.16. The number of hydrogen-bond acceptors (Lipinski definition) is 4. The van der Waals surface area contributed by atoms with Crippen molar-refractivity contribution in [2.45, 2.75) is 12.5 Å². The molecule has 0 radical (unpaired) electrons. The van der Waals surface area contributed by atoms with E-state index in [1.165, 1.54) is 0 Å². The van der Waals surface area contributed by atoms with Gasteiger partial charge in [-0.15, -0.1) is 0 Å². The lowest BCUT2D eigenvalue weighted by atomic mass is 9.90. The Bertz CT molecular complexity index is 132. The zero-order valence-corrected chi connectivity index (χ0v) is 7.45. The molecule has 4 nitrogen and oxygen atoms in total. The van der Waals surface area contributed by atoms with Gasteiger partial charge in [0.2, 0.25) is 0 Å². The van der Waals surface area contributed by atoms with Gasteiger partial charge in [0.25, 0.3) is 0 Å². The highest BCUT2D eigenvalue weighted by molar-refractivity contribution is 4.85. The Morgan fingerprint density at radius 1 is 1.42 bits per heavy atom. The normalized spacial score (nSPS) is 26.2. The molecule has 3 N–H and O–H groups in total. The highest BCUT2D eigenvalue weighted by Crippen LogP contribution is 2.19. The van der Waals surface area contributed by atoms with Gasteiger partial charge in [-0.05, 0) is 6.54 Å². The third kappa shape index (κ3) is 2.17. The van der Waals surface area contributed by atoms with Gasteiger partial charge in [0.15, 0.2) is 0 Å². The van der Waals surface area contributed by atoms with Crippen molar-refractivity contribution in [2.75, 3.05) is 33.0 Å². The molecular weight excluding hydrogens is 158 g/mol. The monoisotopic (exact) mass is 175 g/mol. The molecular formula is C8H17NO3. The van der Waals surface area contributed by atoms with Crippen molar-refractivity contribution in [1.29, 1.82) is 0 Å². The van der Waals surface area contributed by atoms with Crippen LogP contribution in [0.5, 0.6) is 0 Å². The first-order chi connectivity index (χ1) is 5.69. The molecule has 0 saturated carbocycles. The maximum absolute atomic E-state index is 9.99. The third-order valence-electron chi connectivity index (χ3n) is 2.35. The van der Waals surface area contributed by atoms with Crippen LogP contribution in [-0.2, 0) is 9.47 Å². The number of rotatable bonds is 2. The molecule has 1 fully saturated rings. The maximum atomic E-state index is 9.99. The largest absolute Gasteiger partial charge is 0.385 e. The Hall–Kier alpha value is -0.160. The van der Waals surface area contributed by atoms with E-state index in [4.69, 9.17) is 15.2 Å². The number of aliphatic hydroxyl groups is 1. The van der Waals surface area contributed by atoms with Gasteiger partial charge in [0, 0.05) is 5.92 Å². The zero-order valence-electron chi connectivity index (χ0n) is 7.45. The molecule has 1 unspecified atom stereocenters. The predicted octanol–water partition coefficient (Wildman–Crippen LogP) is -0.641. The van der Waals surface area contributed by atoms with Crippen LogP contribution in [0.3, 0.4) is 0 Å². The van der Waals surface area contributed by atoms with Crippen molar-refractivity contribution in [1.82, 2.24) is 0 Å². The number of ether oxygens (including phenoxy) is 2. The highest BCUT2D eigenvalue weighted by atomic mass is 16.6. The maximum Gasteiger partial charge on any atom is 0.115 e. The quantitative estimate of drug-likeness (QED) is 0.586. The van der Waals surface area contributed by atoms with E-state index in [9.17, 15) is 5.11 Å². The summed E-state index contributed by atoms with van der Waals surface area (Å²) in [6, 6.07) is 0. The fourth-order valence-corrected chi connectivity index (χ4v) is 1.16. The molecule has 0 aromatic rings. The minimum atomic E-state index is -0.898. The van der Waals surface area contributed by atoms with E-state index in [0.717, 1.165) is 0 Å². The lowest BCUT2D eigenvalue weighted by Crippen LogP contribution is -2.47. The molecule has 1 saturated heterocycles. The Morgan fingerprint density at radius 2 is 1.92 bits per heavy atom. The average molecular weight is 175 g/mol. The van der Waals surface area contributed by atoms with Crippen LogP contribution in [0.15, 0.2) is 0 Å². The second-order valence-electron chi connectivity index (χ2n) is 3.35. The Morgan fingerprint density at radius 3 is 2.33 bits per heavy atom. The van der Waals surface area contributed by atoms with Crippen molar-refractivity contribution in [3.63, 3.8) is 0 Å². The topological polar surface area (TPSA) is 64.7 Å². The molecule has 0 bridgehead atoms. The van der Waals surface area contributed by atoms with Crippen LogP contribution in [-0.4, -0.2) is 43.7 Å². The summed E-state index contributed by atoms with van der Waals surface area (Å²) in [5.74, 6) is 0.00981. The lowest BCUT2D eigenvalue weighted by molar-refractivity contribution is -0.0881. The molecule has 0 aromatic heterocycles. The summed E-state index contributed by atoms with van der Waals surface area (Å²) in [6.45, 7) is 4.11. The second-order valence-corrected chi connectivity index (χ2v) is 3.35. The predicted molar refractivity (Wildman–Crippen MR) is 44.8 cm³/mol. The molecule has 0 aliphatic carbocycles. The highest BCUT2D eigenvalue weighted by Gasteiger charge is 2.34. The molecule has 0 spiro atoms. The van der Waals surface area contributed by atoms with Gasteiger partial charge < -0.3 is 20.3 Å². The van der Waals surface area contributed by atoms with E-state index in [-0.39, 0.29) is 5.92 Å². The van der Waals surface area contributed by atoms with E-state index in [0.29, 0.717) is 33.0 Å². The number of hydrogen-bond donors (Lipinski definition) is 2. The fraction of sp³-hybridized carbons (Fsp3) is 1.00. The van der Waals surface area contributed by atoms with Crippen LogP contribution in [0.2, 0.25) is 0 Å². The van der Waals surface area contributed by atoms with Gasteiger partial charge in [0.1, 0.15) is 5.60 Å². The minimum Gasteiger partial charge on any atom is -0.385 e. The van der Waals surface area contributed by atoms with E-state index in [1.54, 1.807) is 0 Å². The van der Waals surface area contributed by atoms with Gasteiger partial charge >= 0.3 is 0 Å². The molecule has 0 aromatic carbocycles. The molecule has 72 valence electrons. The van der Waals surface area contributed by atoms with Crippen LogP contribution in [0.4, 0.5) is 0 Å². The van der Waals surface area contributed by atoms with Gasteiger partial charge in [0.05, 0.1) is 26.4 Å². The van der Waals surface area contributed by atoms with Gasteiger partial charge in [-0.25, -0.2) is 0 Å². The standard InChI is InChI=1S/C8H17NO3/c1-7(4-9)8(10)5-11-2-3-12-6-8/h7,10H,2-6,9H2,1H3. The first-order valence-electron chi connectivity index (χ1n) is 4.27. The van der Waals surface area contributed by atoms with Crippen molar-refractivity contribution in [3.05, 3.63) is 0 Å². The molecule has 12 heavy (non-hydrogen) atoms. The van der Waals surface area contributed by atoms with Crippen molar-refractivity contribution >= 4 is 0 Å². The van der Waals surface area contributed by atoms with Crippen molar-refractivity contribution < 1.29 is 14.6 Å². The zero-order chi connectivity index (χ0) is 9.03. The summed E-state index contributed by atoms with van der Waals surface area (Å²) < 4.78 is 10.4. The van der Waals surface area contributed by atoms with Crippen molar-refractivity contribution in [2.24, 2.45) is 11.7 Å². The second kappa shape index (κ2) is 4.18. The molecule has 1 heterocycles. The Kier molecular flexibility index (Phi) is 3.46. The SMILES string of the molecule is CC(CN)C1(O)COCCOC1. The van der Waals surface area contributed by atoms with Gasteiger partial charge in [-0.2, -0.15) is 0 Å². The van der Waals surface area contributed by atoms with Crippen LogP contribution in [0.25, 0.3) is 0 Å². The number of nitrogens with two attached hydrogens (primary N) is 1. The van der Waals surface area contributed by atoms with Crippen molar-refractivity contribution in [3.8, 4) is 0 Å². The summed E-state index contributed by atoms with van der Waals surface area (Å²) in [6.07, 6.45) is 0. The molecule has 1 atom stereocenters. The van der Waals surface area contributed by atoms with Crippen LogP contribution in [0, 0.1) is 5.92 Å². The Labute approximate surface area is 72.6 Å². The summed E-state index contributed by atoms with van der Waals surface area (Å²) in [4.78, 5) is 0. The summed E-state index contributed by atoms with van der Waals surface area (Å²) in [7, 11) is 0. The summed E-state index contributed by atoms with van der Waals surface area (Å²) in [5.41, 5.74) is 4.57. The summed E-state index contributed by atoms with van der Waals surface area (Å²) in [5, 5.41) is 9.99. The first-order valence-corrected chi connectivity index (χ1v) is 4.27. The molecule has 0 amide bonds. The first kappa shape index (κ1) is 9.92. The summed E-state index contributed by atoms with van der Waals surface area (Å²) >= 11 is 0. The minimum absolute atomic E-state index is 0.00981. The van der Waals surface area contributed by atoms with Crippen LogP contribution in [0.1, 0.15) is 6.92 Å². The Balaban J connectivity index is 2.53. The van der Waals surface area contributed by atoms with Crippen LogP contribution >= 0.6 is 0 Å². The molecule has 4 heteroatoms. The van der Waals surface area contributed by atoms with E-state index < -0.39 is 5.60 Å². The molecule has 1 aliphatic heterocycles. The average Bonchev–Trinajstić information content (AvgIpc) is 2.29. The van der Waals surface area contributed by atoms with E-state index >= 15 is 0 Å². The van der Waals surface area contributed by atoms with Gasteiger partial charge in [-0.3, -0.25) is 0 Å². The van der Waals surface area contributed by atoms with E-state index in [1.807, 2.05) is 6.92 Å².